The van der Waals surface area contributed by atoms with E-state index < -0.39 is 35.8 Å². The second-order valence-corrected chi connectivity index (χ2v) is 7.05. The van der Waals surface area contributed by atoms with Crippen molar-refractivity contribution in [2.75, 3.05) is 0 Å². The molecule has 1 atom stereocenters. The molecule has 1 unspecified atom stereocenters. The van der Waals surface area contributed by atoms with E-state index in [9.17, 15) is 35.9 Å². The van der Waals surface area contributed by atoms with Gasteiger partial charge in [0.1, 0.15) is 0 Å². The van der Waals surface area contributed by atoms with E-state index in [0.29, 0.717) is 5.56 Å². The highest BCUT2D eigenvalue weighted by Crippen LogP contribution is 2.32. The second kappa shape index (κ2) is 11.0. The SMILES string of the molecule is O=C(NC(c1ccc(C(F)(F)F)cc1)c1ncccc1Cl)c1ccc(=O)[nH]c1.O=C(O)C(F)(F)F. The van der Waals surface area contributed by atoms with Crippen molar-refractivity contribution in [3.8, 4) is 0 Å². The molecular weight excluding hydrogens is 508 g/mol. The fourth-order valence-electron chi connectivity index (χ4n) is 2.55. The van der Waals surface area contributed by atoms with Crippen LogP contribution in [0.4, 0.5) is 26.3 Å². The molecule has 0 fully saturated rings. The van der Waals surface area contributed by atoms with Gasteiger partial charge >= 0.3 is 18.3 Å². The molecule has 14 heteroatoms. The van der Waals surface area contributed by atoms with Gasteiger partial charge in [-0.25, -0.2) is 4.79 Å². The Kier molecular flexibility index (Phi) is 8.63. The Morgan fingerprint density at radius 3 is 2.06 bits per heavy atom. The summed E-state index contributed by atoms with van der Waals surface area (Å²) < 4.78 is 70.3. The Bertz CT molecular complexity index is 1220. The first-order valence-corrected chi connectivity index (χ1v) is 9.65. The van der Waals surface area contributed by atoms with E-state index in [1.165, 1.54) is 36.7 Å². The van der Waals surface area contributed by atoms with Crippen LogP contribution in [0.3, 0.4) is 0 Å². The van der Waals surface area contributed by atoms with Crippen LogP contribution in [0.2, 0.25) is 5.02 Å². The van der Waals surface area contributed by atoms with Crippen molar-refractivity contribution >= 4 is 23.5 Å². The first kappa shape index (κ1) is 27.4. The first-order chi connectivity index (χ1) is 16.2. The molecule has 35 heavy (non-hydrogen) atoms. The molecule has 0 saturated carbocycles. The van der Waals surface area contributed by atoms with Crippen LogP contribution >= 0.6 is 11.6 Å². The van der Waals surface area contributed by atoms with Gasteiger partial charge in [-0.05, 0) is 35.9 Å². The zero-order valence-corrected chi connectivity index (χ0v) is 17.9. The molecule has 3 N–H and O–H groups in total. The van der Waals surface area contributed by atoms with E-state index in [1.807, 2.05) is 0 Å². The van der Waals surface area contributed by atoms with Gasteiger partial charge in [-0.2, -0.15) is 26.3 Å². The van der Waals surface area contributed by atoms with Crippen LogP contribution in [0, 0.1) is 0 Å². The van der Waals surface area contributed by atoms with Crippen molar-refractivity contribution in [3.63, 3.8) is 0 Å². The lowest BCUT2D eigenvalue weighted by molar-refractivity contribution is -0.192. The number of rotatable bonds is 4. The number of hydrogen-bond acceptors (Lipinski definition) is 4. The van der Waals surface area contributed by atoms with Crippen molar-refractivity contribution in [1.29, 1.82) is 0 Å². The molecule has 2 heterocycles. The lowest BCUT2D eigenvalue weighted by Crippen LogP contribution is -2.30. The topological polar surface area (TPSA) is 112 Å². The first-order valence-electron chi connectivity index (χ1n) is 9.27. The summed E-state index contributed by atoms with van der Waals surface area (Å²) in [4.78, 5) is 39.2. The number of carbonyl (C=O) groups is 2. The van der Waals surface area contributed by atoms with Crippen molar-refractivity contribution in [2.45, 2.75) is 18.4 Å². The maximum absolute atomic E-state index is 12.8. The molecule has 3 aromatic rings. The third-order valence-corrected chi connectivity index (χ3v) is 4.52. The summed E-state index contributed by atoms with van der Waals surface area (Å²) in [6.45, 7) is 0. The average Bonchev–Trinajstić information content (AvgIpc) is 2.78. The molecule has 0 aliphatic heterocycles. The van der Waals surface area contributed by atoms with Crippen LogP contribution in [0.1, 0.15) is 33.2 Å². The number of pyridine rings is 2. The van der Waals surface area contributed by atoms with E-state index in [-0.39, 0.29) is 21.8 Å². The Morgan fingerprint density at radius 2 is 1.60 bits per heavy atom. The lowest BCUT2D eigenvalue weighted by Gasteiger charge is -2.20. The number of nitrogens with one attached hydrogen (secondary N) is 2. The van der Waals surface area contributed by atoms with Crippen molar-refractivity contribution < 1.29 is 41.0 Å². The summed E-state index contributed by atoms with van der Waals surface area (Å²) >= 11 is 6.18. The van der Waals surface area contributed by atoms with Crippen LogP contribution in [0.5, 0.6) is 0 Å². The number of carbonyl (C=O) groups excluding carboxylic acids is 1. The minimum Gasteiger partial charge on any atom is -0.475 e. The number of amides is 1. The number of halogens is 7. The molecular formula is C21H14ClF6N3O4. The highest BCUT2D eigenvalue weighted by atomic mass is 35.5. The lowest BCUT2D eigenvalue weighted by atomic mass is 10.0. The van der Waals surface area contributed by atoms with Crippen molar-refractivity contribution in [3.05, 3.63) is 98.7 Å². The van der Waals surface area contributed by atoms with E-state index in [1.54, 1.807) is 12.1 Å². The highest BCUT2D eigenvalue weighted by molar-refractivity contribution is 6.31. The number of carboxylic acid groups (broad SMARTS) is 1. The fourth-order valence-corrected chi connectivity index (χ4v) is 2.78. The molecule has 0 radical (unpaired) electrons. The van der Waals surface area contributed by atoms with Crippen LogP contribution in [-0.4, -0.2) is 33.1 Å². The number of aromatic amines is 1. The second-order valence-electron chi connectivity index (χ2n) is 6.64. The average molecular weight is 522 g/mol. The molecule has 186 valence electrons. The summed E-state index contributed by atoms with van der Waals surface area (Å²) in [6.07, 6.45) is -6.86. The molecule has 1 amide bonds. The van der Waals surface area contributed by atoms with Gasteiger partial charge in [0.15, 0.2) is 0 Å². The van der Waals surface area contributed by atoms with Gasteiger partial charge < -0.3 is 15.4 Å². The van der Waals surface area contributed by atoms with E-state index in [2.05, 4.69) is 15.3 Å². The fraction of sp³-hybridized carbons (Fsp3) is 0.143. The Hall–Kier alpha value is -3.87. The minimum absolute atomic E-state index is 0.170. The quantitative estimate of drug-likeness (QED) is 0.435. The molecule has 0 aliphatic carbocycles. The summed E-state index contributed by atoms with van der Waals surface area (Å²) in [5.74, 6) is -3.31. The van der Waals surface area contributed by atoms with Gasteiger partial charge in [-0.1, -0.05) is 23.7 Å². The standard InChI is InChI=1S/C19H13ClF3N3O2.C2HF3O2/c20-14-2-1-9-24-17(14)16(11-3-6-13(7-4-11)19(21,22)23)26-18(28)12-5-8-15(27)25-10-12;3-2(4,5)1(6)7/h1-10,16H,(H,25,27)(H,26,28);(H,6,7). The number of hydrogen-bond donors (Lipinski definition) is 3. The zero-order valence-electron chi connectivity index (χ0n) is 17.1. The Morgan fingerprint density at radius 1 is 1.00 bits per heavy atom. The van der Waals surface area contributed by atoms with Gasteiger partial charge in [-0.15, -0.1) is 0 Å². The number of aliphatic carboxylic acids is 1. The maximum Gasteiger partial charge on any atom is 0.490 e. The third-order valence-electron chi connectivity index (χ3n) is 4.20. The zero-order chi connectivity index (χ0) is 26.4. The van der Waals surface area contributed by atoms with Crippen LogP contribution in [0.25, 0.3) is 0 Å². The highest BCUT2D eigenvalue weighted by Gasteiger charge is 2.38. The number of benzene rings is 1. The number of alkyl halides is 6. The third kappa shape index (κ3) is 7.84. The van der Waals surface area contributed by atoms with E-state index >= 15 is 0 Å². The number of nitrogens with zero attached hydrogens (tertiary/aromatic N) is 1. The van der Waals surface area contributed by atoms with Gasteiger partial charge in [0, 0.05) is 18.5 Å². The number of carboxylic acids is 1. The molecule has 1 aromatic carbocycles. The largest absolute Gasteiger partial charge is 0.490 e. The Balaban J connectivity index is 0.000000540. The van der Waals surface area contributed by atoms with Crippen LogP contribution < -0.4 is 10.9 Å². The van der Waals surface area contributed by atoms with Gasteiger partial charge in [-0.3, -0.25) is 14.6 Å². The number of H-pyrrole nitrogens is 1. The Labute approximate surface area is 197 Å². The van der Waals surface area contributed by atoms with Crippen LogP contribution in [-0.2, 0) is 11.0 Å². The normalized spacial score (nSPS) is 12.2. The predicted octanol–water partition coefficient (Wildman–Crippen LogP) is 4.59. The molecule has 2 aromatic heterocycles. The van der Waals surface area contributed by atoms with Gasteiger partial charge in [0.05, 0.1) is 27.9 Å². The smallest absolute Gasteiger partial charge is 0.475 e. The van der Waals surface area contributed by atoms with E-state index in [4.69, 9.17) is 21.5 Å². The predicted molar refractivity (Wildman–Crippen MR) is 111 cm³/mol. The monoisotopic (exact) mass is 521 g/mol. The number of aromatic nitrogens is 2. The maximum atomic E-state index is 12.8. The minimum atomic E-state index is -5.08. The molecule has 0 aliphatic rings. The summed E-state index contributed by atoms with van der Waals surface area (Å²) in [5, 5.41) is 10.1. The molecule has 7 nitrogen and oxygen atoms in total. The summed E-state index contributed by atoms with van der Waals surface area (Å²) in [5.41, 5.74) is -0.366. The van der Waals surface area contributed by atoms with Crippen molar-refractivity contribution in [2.24, 2.45) is 0 Å². The van der Waals surface area contributed by atoms with Crippen LogP contribution in [0.15, 0.2) is 65.7 Å². The van der Waals surface area contributed by atoms with Crippen molar-refractivity contribution in [1.82, 2.24) is 15.3 Å². The van der Waals surface area contributed by atoms with Gasteiger partial charge in [0.2, 0.25) is 5.56 Å². The molecule has 0 saturated heterocycles. The molecule has 0 spiro atoms. The van der Waals surface area contributed by atoms with Gasteiger partial charge in [0.25, 0.3) is 5.91 Å². The summed E-state index contributed by atoms with van der Waals surface area (Å²) in [6, 6.07) is 9.14. The van der Waals surface area contributed by atoms with E-state index in [0.717, 1.165) is 12.1 Å². The molecule has 3 rings (SSSR count). The summed E-state index contributed by atoms with van der Waals surface area (Å²) in [7, 11) is 0. The molecule has 0 bridgehead atoms.